The number of fused-ring (bicyclic) bond motifs is 2. The van der Waals surface area contributed by atoms with Crippen LogP contribution in [0.15, 0.2) is 71.7 Å². The fraction of sp³-hybridized carbons (Fsp3) is 0.269. The van der Waals surface area contributed by atoms with Gasteiger partial charge in [-0.15, -0.1) is 0 Å². The minimum absolute atomic E-state index is 0.238. The molecule has 0 fully saturated rings. The lowest BCUT2D eigenvalue weighted by Gasteiger charge is -2.46. The third-order valence-corrected chi connectivity index (χ3v) is 7.69. The van der Waals surface area contributed by atoms with Gasteiger partial charge in [-0.3, -0.25) is 13.7 Å². The van der Waals surface area contributed by atoms with Gasteiger partial charge in [-0.25, -0.2) is 14.3 Å². The molecule has 3 heterocycles. The van der Waals surface area contributed by atoms with Crippen LogP contribution in [-0.4, -0.2) is 61.5 Å². The first-order chi connectivity index (χ1) is 16.6. The van der Waals surface area contributed by atoms with E-state index in [0.29, 0.717) is 41.9 Å². The van der Waals surface area contributed by atoms with Gasteiger partial charge in [0.05, 0.1) is 28.8 Å². The number of thiol groups is 1. The standard InChI is InChI=1S/C26H31N5O3S/c1-35(2,3,4)17-16-33-18-30-23-10-6-5-8-21(23)29-26(30)34-20-13-11-19(12-14-20)31-24-22(28-25(31)32)9-7-15-27-24/h5-15,35H,16-18H2,1-4H3,(H,28,32). The molecule has 5 rings (SSSR count). The molecule has 0 spiro atoms. The Balaban J connectivity index is 1.39. The molecule has 0 aliphatic carbocycles. The van der Waals surface area contributed by atoms with E-state index in [2.05, 4.69) is 40.0 Å². The Morgan fingerprint density at radius 2 is 1.74 bits per heavy atom. The van der Waals surface area contributed by atoms with Crippen molar-refractivity contribution in [1.29, 1.82) is 0 Å². The number of nitrogens with zero attached hydrogens (tertiary/aromatic N) is 4. The summed E-state index contributed by atoms with van der Waals surface area (Å²) >= 11 is 0. The van der Waals surface area contributed by atoms with Crippen molar-refractivity contribution in [2.45, 2.75) is 6.73 Å². The van der Waals surface area contributed by atoms with E-state index in [-0.39, 0.29) is 5.69 Å². The van der Waals surface area contributed by atoms with Gasteiger partial charge >= 0.3 is 11.7 Å². The molecule has 0 aliphatic heterocycles. The summed E-state index contributed by atoms with van der Waals surface area (Å²) in [6.07, 6.45) is 11.1. The van der Waals surface area contributed by atoms with Crippen LogP contribution in [0, 0.1) is 0 Å². The minimum Gasteiger partial charge on any atom is -0.425 e. The van der Waals surface area contributed by atoms with E-state index in [1.54, 1.807) is 16.8 Å². The average molecular weight is 494 g/mol. The maximum Gasteiger partial charge on any atom is 0.332 e. The van der Waals surface area contributed by atoms with E-state index in [0.717, 1.165) is 16.8 Å². The smallest absolute Gasteiger partial charge is 0.332 e. The van der Waals surface area contributed by atoms with Gasteiger partial charge in [0.15, 0.2) is 5.65 Å². The van der Waals surface area contributed by atoms with Crippen molar-refractivity contribution < 1.29 is 9.47 Å². The Morgan fingerprint density at radius 1 is 0.971 bits per heavy atom. The Morgan fingerprint density at radius 3 is 2.51 bits per heavy atom. The number of para-hydroxylation sites is 2. The third kappa shape index (κ3) is 5.11. The van der Waals surface area contributed by atoms with Gasteiger partial charge in [0.2, 0.25) is 0 Å². The van der Waals surface area contributed by atoms with Crippen LogP contribution < -0.4 is 10.4 Å². The SMILES string of the molecule is C[SH](C)(C)(C)CCOCn1c(Oc2ccc(-n3c(=O)[nH]c4cccnc43)cc2)nc2ccccc21. The molecule has 0 saturated carbocycles. The first-order valence-corrected chi connectivity index (χ1v) is 15.7. The Hall–Kier alpha value is -3.56. The van der Waals surface area contributed by atoms with Crippen LogP contribution in [0.2, 0.25) is 0 Å². The molecule has 2 aromatic carbocycles. The van der Waals surface area contributed by atoms with Crippen LogP contribution in [0.5, 0.6) is 11.8 Å². The molecule has 8 nitrogen and oxygen atoms in total. The number of aromatic amines is 1. The molecular weight excluding hydrogens is 462 g/mol. The molecule has 0 saturated heterocycles. The number of hydrogen-bond donors (Lipinski definition) is 2. The number of aromatic nitrogens is 5. The molecule has 1 N–H and O–H groups in total. The molecule has 3 aromatic heterocycles. The Bertz CT molecular complexity index is 1550. The molecule has 0 atom stereocenters. The molecule has 0 aliphatic rings. The second-order valence-corrected chi connectivity index (χ2v) is 19.1. The molecule has 0 radical (unpaired) electrons. The lowest BCUT2D eigenvalue weighted by atomic mass is 10.3. The zero-order valence-corrected chi connectivity index (χ0v) is 21.3. The minimum atomic E-state index is -1.63. The van der Waals surface area contributed by atoms with Gasteiger partial charge in [-0.1, -0.05) is 12.1 Å². The summed E-state index contributed by atoms with van der Waals surface area (Å²) in [4.78, 5) is 24.3. The van der Waals surface area contributed by atoms with Crippen molar-refractivity contribution in [2.24, 2.45) is 0 Å². The Labute approximate surface area is 203 Å². The molecule has 9 heteroatoms. The highest BCUT2D eigenvalue weighted by molar-refractivity contribution is 8.47. The second-order valence-electron chi connectivity index (χ2n) is 10.8. The van der Waals surface area contributed by atoms with Gasteiger partial charge in [-0.05, 0) is 79.3 Å². The monoisotopic (exact) mass is 493 g/mol. The van der Waals surface area contributed by atoms with Crippen LogP contribution in [0.3, 0.4) is 0 Å². The van der Waals surface area contributed by atoms with Crippen molar-refractivity contribution in [2.75, 3.05) is 37.4 Å². The number of hydrogen-bond acceptors (Lipinski definition) is 5. The number of H-pyrrole nitrogens is 1. The van der Waals surface area contributed by atoms with Gasteiger partial charge < -0.3 is 14.5 Å². The third-order valence-electron chi connectivity index (χ3n) is 5.72. The summed E-state index contributed by atoms with van der Waals surface area (Å²) in [6.45, 7) is 1.04. The fourth-order valence-corrected chi connectivity index (χ4v) is 4.65. The van der Waals surface area contributed by atoms with E-state index in [9.17, 15) is 4.79 Å². The van der Waals surface area contributed by atoms with Crippen molar-refractivity contribution in [3.8, 4) is 17.4 Å². The molecule has 35 heavy (non-hydrogen) atoms. The van der Waals surface area contributed by atoms with Crippen LogP contribution in [-0.2, 0) is 11.5 Å². The lowest BCUT2D eigenvalue weighted by Crippen LogP contribution is -2.20. The number of nitrogens with one attached hydrogen (secondary N) is 1. The van der Waals surface area contributed by atoms with E-state index >= 15 is 0 Å². The largest absolute Gasteiger partial charge is 0.425 e. The first kappa shape index (κ1) is 23.2. The lowest BCUT2D eigenvalue weighted by molar-refractivity contribution is 0.0872. The number of pyridine rings is 1. The first-order valence-electron chi connectivity index (χ1n) is 11.5. The normalized spacial score (nSPS) is 13.2. The molecular formula is C26H31N5O3S. The van der Waals surface area contributed by atoms with E-state index in [1.807, 2.05) is 59.2 Å². The van der Waals surface area contributed by atoms with Gasteiger partial charge in [0.1, 0.15) is 12.5 Å². The number of imidazole rings is 2. The summed E-state index contributed by atoms with van der Waals surface area (Å²) in [5, 5.41) is 0. The zero-order valence-electron chi connectivity index (χ0n) is 20.4. The predicted molar refractivity (Wildman–Crippen MR) is 145 cm³/mol. The number of ether oxygens (including phenoxy) is 2. The van der Waals surface area contributed by atoms with Crippen LogP contribution in [0.1, 0.15) is 0 Å². The highest BCUT2D eigenvalue weighted by Gasteiger charge is 2.19. The van der Waals surface area contributed by atoms with Gasteiger partial charge in [0, 0.05) is 6.20 Å². The molecule has 184 valence electrons. The van der Waals surface area contributed by atoms with Crippen LogP contribution >= 0.6 is 9.16 Å². The second kappa shape index (κ2) is 8.58. The highest BCUT2D eigenvalue weighted by atomic mass is 32.3. The molecule has 0 amide bonds. The topological polar surface area (TPSA) is 87.0 Å². The van der Waals surface area contributed by atoms with Crippen molar-refractivity contribution in [3.63, 3.8) is 0 Å². The summed E-state index contributed by atoms with van der Waals surface area (Å²) in [7, 11) is -1.63. The van der Waals surface area contributed by atoms with Gasteiger partial charge in [-0.2, -0.15) is 4.98 Å². The van der Waals surface area contributed by atoms with E-state index in [4.69, 9.17) is 9.47 Å². The molecule has 0 unspecified atom stereocenters. The summed E-state index contributed by atoms with van der Waals surface area (Å²) in [6, 6.07) is 19.3. The average Bonchev–Trinajstić information content (AvgIpc) is 3.32. The van der Waals surface area contributed by atoms with Crippen LogP contribution in [0.25, 0.3) is 27.9 Å². The van der Waals surface area contributed by atoms with Crippen LogP contribution in [0.4, 0.5) is 0 Å². The van der Waals surface area contributed by atoms with Gasteiger partial charge in [0.25, 0.3) is 0 Å². The quantitative estimate of drug-likeness (QED) is 0.247. The predicted octanol–water partition coefficient (Wildman–Crippen LogP) is 4.42. The zero-order chi connectivity index (χ0) is 24.7. The fourth-order valence-electron chi connectivity index (χ4n) is 3.79. The van der Waals surface area contributed by atoms with Crippen molar-refractivity contribution >= 4 is 31.4 Å². The van der Waals surface area contributed by atoms with Crippen molar-refractivity contribution in [3.05, 3.63) is 77.3 Å². The van der Waals surface area contributed by atoms with E-state index < -0.39 is 9.16 Å². The van der Waals surface area contributed by atoms with E-state index in [1.165, 1.54) is 0 Å². The number of rotatable bonds is 8. The molecule has 5 aromatic rings. The summed E-state index contributed by atoms with van der Waals surface area (Å²) in [5.74, 6) is 1.66. The molecule has 0 bridgehead atoms. The summed E-state index contributed by atoms with van der Waals surface area (Å²) < 4.78 is 15.7. The maximum atomic E-state index is 12.5. The van der Waals surface area contributed by atoms with Crippen molar-refractivity contribution in [1.82, 2.24) is 24.1 Å². The highest BCUT2D eigenvalue weighted by Crippen LogP contribution is 2.54. The Kier molecular flexibility index (Phi) is 5.69. The summed E-state index contributed by atoms with van der Waals surface area (Å²) in [5.41, 5.74) is 3.53. The maximum absolute atomic E-state index is 12.5. The number of benzene rings is 2.